The van der Waals surface area contributed by atoms with Crippen LogP contribution in [0.3, 0.4) is 0 Å². The molecule has 0 N–H and O–H groups in total. The lowest BCUT2D eigenvalue weighted by atomic mass is 10.1. The zero-order valence-corrected chi connectivity index (χ0v) is 8.27. The lowest BCUT2D eigenvalue weighted by molar-refractivity contribution is 0.112. The largest absolute Gasteiger partial charge is 0.497 e. The topological polar surface area (TPSA) is 43.4 Å². The standard InChI is InChI=1S/C12H10O3/c1-15-12-6-5-11(9-14)10(8-12)4-2-3-7-13/h2-6,8-9H,1H3/b4-2+. The molecule has 0 saturated heterocycles. The number of benzene rings is 1. The van der Waals surface area contributed by atoms with Crippen molar-refractivity contribution in [2.75, 3.05) is 7.11 Å². The molecule has 1 aromatic carbocycles. The van der Waals surface area contributed by atoms with Crippen molar-refractivity contribution >= 4 is 18.3 Å². The molecule has 0 aliphatic rings. The van der Waals surface area contributed by atoms with Crippen LogP contribution in [-0.4, -0.2) is 19.3 Å². The molecule has 0 unspecified atom stereocenters. The highest BCUT2D eigenvalue weighted by Gasteiger charge is 1.99. The Balaban J connectivity index is 3.11. The van der Waals surface area contributed by atoms with Gasteiger partial charge in [0.1, 0.15) is 11.7 Å². The van der Waals surface area contributed by atoms with E-state index in [1.54, 1.807) is 37.3 Å². The third-order valence-electron chi connectivity index (χ3n) is 1.86. The van der Waals surface area contributed by atoms with E-state index in [-0.39, 0.29) is 0 Å². The zero-order valence-electron chi connectivity index (χ0n) is 8.27. The molecule has 0 saturated carbocycles. The lowest BCUT2D eigenvalue weighted by Crippen LogP contribution is -1.89. The molecule has 0 spiro atoms. The average molecular weight is 202 g/mol. The van der Waals surface area contributed by atoms with Gasteiger partial charge in [0.15, 0.2) is 6.29 Å². The van der Waals surface area contributed by atoms with Crippen LogP contribution in [0.1, 0.15) is 15.9 Å². The normalized spacial score (nSPS) is 9.67. The first-order valence-electron chi connectivity index (χ1n) is 4.32. The van der Waals surface area contributed by atoms with Crippen molar-refractivity contribution < 1.29 is 14.3 Å². The van der Waals surface area contributed by atoms with Gasteiger partial charge in [0.05, 0.1) is 7.11 Å². The van der Waals surface area contributed by atoms with Crippen LogP contribution in [0.5, 0.6) is 5.75 Å². The van der Waals surface area contributed by atoms with Crippen molar-refractivity contribution in [2.24, 2.45) is 0 Å². The molecule has 76 valence electrons. The van der Waals surface area contributed by atoms with Crippen LogP contribution >= 0.6 is 0 Å². The molecule has 0 amide bonds. The minimum atomic E-state index is 0.548. The molecule has 0 aromatic heterocycles. The molecule has 1 aromatic rings. The fraction of sp³-hybridized carbons (Fsp3) is 0.0833. The summed E-state index contributed by atoms with van der Waals surface area (Å²) in [5, 5.41) is 0. The Morgan fingerprint density at radius 2 is 2.13 bits per heavy atom. The van der Waals surface area contributed by atoms with Crippen LogP contribution in [0.25, 0.3) is 6.08 Å². The molecule has 3 heteroatoms. The molecule has 3 nitrogen and oxygen atoms in total. The number of hydrogen-bond acceptors (Lipinski definition) is 3. The van der Waals surface area contributed by atoms with E-state index in [2.05, 4.69) is 0 Å². The van der Waals surface area contributed by atoms with E-state index >= 15 is 0 Å². The number of methoxy groups -OCH3 is 1. The van der Waals surface area contributed by atoms with Gasteiger partial charge < -0.3 is 4.74 Å². The van der Waals surface area contributed by atoms with Gasteiger partial charge in [-0.15, -0.1) is 0 Å². The Hall–Kier alpha value is -2.12. The monoisotopic (exact) mass is 202 g/mol. The molecule has 0 fully saturated rings. The second-order valence-corrected chi connectivity index (χ2v) is 2.76. The SMILES string of the molecule is COc1ccc(C=O)c(/C=C/C=C=O)c1. The summed E-state index contributed by atoms with van der Waals surface area (Å²) in [6.45, 7) is 0. The number of carbonyl (C=O) groups excluding carboxylic acids is 2. The van der Waals surface area contributed by atoms with Crippen LogP contribution < -0.4 is 4.74 Å². The molecule has 0 heterocycles. The van der Waals surface area contributed by atoms with Crippen molar-refractivity contribution in [2.45, 2.75) is 0 Å². The van der Waals surface area contributed by atoms with Crippen molar-refractivity contribution in [1.82, 2.24) is 0 Å². The maximum absolute atomic E-state index is 10.7. The Morgan fingerprint density at radius 1 is 1.33 bits per heavy atom. The molecule has 0 aliphatic carbocycles. The molecular formula is C12H10O3. The third kappa shape index (κ3) is 2.93. The van der Waals surface area contributed by atoms with Gasteiger partial charge in [0.25, 0.3) is 0 Å². The molecule has 1 rings (SSSR count). The highest BCUT2D eigenvalue weighted by atomic mass is 16.5. The summed E-state index contributed by atoms with van der Waals surface area (Å²) in [5.41, 5.74) is 1.25. The molecular weight excluding hydrogens is 192 g/mol. The van der Waals surface area contributed by atoms with E-state index in [1.807, 2.05) is 0 Å². The summed E-state index contributed by atoms with van der Waals surface area (Å²) in [6.07, 6.45) is 5.16. The molecule has 0 atom stereocenters. The molecule has 0 aliphatic heterocycles. The Kier molecular flexibility index (Phi) is 4.07. The zero-order chi connectivity index (χ0) is 11.1. The minimum Gasteiger partial charge on any atom is -0.497 e. The van der Waals surface area contributed by atoms with E-state index in [4.69, 9.17) is 4.74 Å². The number of rotatable bonds is 4. The van der Waals surface area contributed by atoms with E-state index < -0.39 is 0 Å². The summed E-state index contributed by atoms with van der Waals surface area (Å²) in [6, 6.07) is 5.09. The van der Waals surface area contributed by atoms with E-state index in [0.29, 0.717) is 16.9 Å². The fourth-order valence-corrected chi connectivity index (χ4v) is 1.12. The number of ether oxygens (including phenoxy) is 1. The summed E-state index contributed by atoms with van der Waals surface area (Å²) >= 11 is 0. The van der Waals surface area contributed by atoms with Gasteiger partial charge in [0.2, 0.25) is 0 Å². The summed E-state index contributed by atoms with van der Waals surface area (Å²) in [5.74, 6) is 2.28. The highest BCUT2D eigenvalue weighted by molar-refractivity contribution is 5.82. The van der Waals surface area contributed by atoms with E-state index in [9.17, 15) is 9.59 Å². The van der Waals surface area contributed by atoms with Gasteiger partial charge in [-0.3, -0.25) is 4.79 Å². The van der Waals surface area contributed by atoms with E-state index in [1.165, 1.54) is 12.2 Å². The van der Waals surface area contributed by atoms with Crippen LogP contribution in [0.15, 0.2) is 30.4 Å². The highest BCUT2D eigenvalue weighted by Crippen LogP contribution is 2.17. The van der Waals surface area contributed by atoms with Gasteiger partial charge in [0, 0.05) is 11.6 Å². The predicted molar refractivity (Wildman–Crippen MR) is 57.7 cm³/mol. The molecule has 0 radical (unpaired) electrons. The summed E-state index contributed by atoms with van der Waals surface area (Å²) in [7, 11) is 1.55. The van der Waals surface area contributed by atoms with Crippen LogP contribution in [0, 0.1) is 0 Å². The van der Waals surface area contributed by atoms with Crippen molar-refractivity contribution in [3.05, 3.63) is 41.5 Å². The number of carbonyl (C=O) groups is 1. The maximum Gasteiger partial charge on any atom is 0.150 e. The minimum absolute atomic E-state index is 0.548. The summed E-state index contributed by atoms with van der Waals surface area (Å²) in [4.78, 5) is 20.6. The Labute approximate surface area is 87.7 Å². The van der Waals surface area contributed by atoms with Crippen molar-refractivity contribution in [3.8, 4) is 5.75 Å². The van der Waals surface area contributed by atoms with E-state index in [0.717, 1.165) is 6.29 Å². The number of hydrogen-bond donors (Lipinski definition) is 0. The third-order valence-corrected chi connectivity index (χ3v) is 1.86. The Bertz CT molecular complexity index is 426. The van der Waals surface area contributed by atoms with Gasteiger partial charge in [-0.2, -0.15) is 0 Å². The number of aldehydes is 1. The molecule has 15 heavy (non-hydrogen) atoms. The van der Waals surface area contributed by atoms with Gasteiger partial charge >= 0.3 is 0 Å². The first-order chi connectivity index (χ1) is 7.31. The van der Waals surface area contributed by atoms with Gasteiger partial charge in [-0.05, 0) is 23.8 Å². The van der Waals surface area contributed by atoms with Gasteiger partial charge in [-0.1, -0.05) is 12.2 Å². The second-order valence-electron chi connectivity index (χ2n) is 2.76. The van der Waals surface area contributed by atoms with Crippen LogP contribution in [-0.2, 0) is 4.79 Å². The first-order valence-corrected chi connectivity index (χ1v) is 4.32. The van der Waals surface area contributed by atoms with Crippen LogP contribution in [0.2, 0.25) is 0 Å². The molecule has 0 bridgehead atoms. The second kappa shape index (κ2) is 5.58. The smallest absolute Gasteiger partial charge is 0.150 e. The Morgan fingerprint density at radius 3 is 2.73 bits per heavy atom. The van der Waals surface area contributed by atoms with Gasteiger partial charge in [-0.25, -0.2) is 4.79 Å². The van der Waals surface area contributed by atoms with Crippen molar-refractivity contribution in [3.63, 3.8) is 0 Å². The summed E-state index contributed by atoms with van der Waals surface area (Å²) < 4.78 is 5.02. The van der Waals surface area contributed by atoms with Crippen molar-refractivity contribution in [1.29, 1.82) is 0 Å². The predicted octanol–water partition coefficient (Wildman–Crippen LogP) is 1.91. The number of allylic oxidation sites excluding steroid dienone is 2. The first kappa shape index (κ1) is 11.0. The van der Waals surface area contributed by atoms with Crippen LogP contribution in [0.4, 0.5) is 0 Å². The lowest BCUT2D eigenvalue weighted by Gasteiger charge is -2.02. The quantitative estimate of drug-likeness (QED) is 0.425. The average Bonchev–Trinajstić information content (AvgIpc) is 2.29. The maximum atomic E-state index is 10.7. The fourth-order valence-electron chi connectivity index (χ4n) is 1.12.